The predicted molar refractivity (Wildman–Crippen MR) is 228 cm³/mol. The van der Waals surface area contributed by atoms with E-state index in [4.69, 9.17) is 0 Å². The van der Waals surface area contributed by atoms with Crippen molar-refractivity contribution in [2.45, 2.75) is 90.9 Å². The molecule has 0 spiro atoms. The quantitative estimate of drug-likeness (QED) is 0.0446. The van der Waals surface area contributed by atoms with Crippen LogP contribution in [0.2, 0.25) is 0 Å². The van der Waals surface area contributed by atoms with Crippen LogP contribution in [0, 0.1) is 0 Å². The summed E-state index contributed by atoms with van der Waals surface area (Å²) in [6.07, 6.45) is 16.8. The van der Waals surface area contributed by atoms with Crippen LogP contribution in [-0.2, 0) is 9.59 Å². The monoisotopic (exact) mass is 754 g/mol. The smallest absolute Gasteiger partial charge is 0.267 e. The van der Waals surface area contributed by atoms with Gasteiger partial charge in [0.25, 0.3) is 23.6 Å². The number of amides is 4. The Morgan fingerprint density at radius 3 is 1.12 bits per heavy atom. The van der Waals surface area contributed by atoms with Gasteiger partial charge in [0.05, 0.1) is 0 Å². The first-order chi connectivity index (χ1) is 27.4. The van der Waals surface area contributed by atoms with Crippen molar-refractivity contribution >= 4 is 35.8 Å². The zero-order valence-electron chi connectivity index (χ0n) is 33.1. The van der Waals surface area contributed by atoms with E-state index in [-0.39, 0.29) is 35.0 Å². The van der Waals surface area contributed by atoms with Crippen LogP contribution in [0.5, 0.6) is 0 Å². The lowest BCUT2D eigenvalue weighted by molar-refractivity contribution is -0.118. The molecule has 4 amide bonds. The van der Waals surface area contributed by atoms with E-state index in [1.54, 1.807) is 60.7 Å². The maximum Gasteiger partial charge on any atom is 0.267 e. The van der Waals surface area contributed by atoms with Gasteiger partial charge in [0.1, 0.15) is 11.4 Å². The van der Waals surface area contributed by atoms with Crippen LogP contribution in [0.3, 0.4) is 0 Å². The van der Waals surface area contributed by atoms with E-state index >= 15 is 0 Å². The van der Waals surface area contributed by atoms with Gasteiger partial charge in [0, 0.05) is 24.2 Å². The lowest BCUT2D eigenvalue weighted by Crippen LogP contribution is -2.35. The molecule has 0 saturated carbocycles. The predicted octanol–water partition coefficient (Wildman–Crippen LogP) is 9.85. The first-order valence-electron chi connectivity index (χ1n) is 20.3. The third-order valence-corrected chi connectivity index (χ3v) is 9.47. The Bertz CT molecular complexity index is 1730. The van der Waals surface area contributed by atoms with Gasteiger partial charge in [-0.3, -0.25) is 19.2 Å². The molecule has 0 bridgehead atoms. The van der Waals surface area contributed by atoms with Gasteiger partial charge in [-0.1, -0.05) is 163 Å². The zero-order chi connectivity index (χ0) is 39.8. The van der Waals surface area contributed by atoms with E-state index in [0.717, 1.165) is 60.8 Å². The average molecular weight is 755 g/mol. The molecule has 4 rings (SSSR count). The Balaban J connectivity index is 1.45. The zero-order valence-corrected chi connectivity index (χ0v) is 33.1. The summed E-state index contributed by atoms with van der Waals surface area (Å²) in [5.74, 6) is -1.36. The van der Waals surface area contributed by atoms with Gasteiger partial charge >= 0.3 is 0 Å². The second kappa shape index (κ2) is 24.6. The molecule has 0 atom stereocenters. The molecule has 0 aliphatic heterocycles. The van der Waals surface area contributed by atoms with Gasteiger partial charge in [-0.2, -0.15) is 0 Å². The number of rotatable bonds is 23. The summed E-state index contributed by atoms with van der Waals surface area (Å²) in [4.78, 5) is 52.6. The molecule has 0 heterocycles. The first kappa shape index (κ1) is 43.0. The molecule has 56 heavy (non-hydrogen) atoms. The summed E-state index contributed by atoms with van der Waals surface area (Å²) in [6, 6.07) is 33.2. The van der Waals surface area contributed by atoms with Crippen molar-refractivity contribution in [3.63, 3.8) is 0 Å². The van der Waals surface area contributed by atoms with Crippen molar-refractivity contribution < 1.29 is 19.2 Å². The first-order valence-corrected chi connectivity index (χ1v) is 20.3. The van der Waals surface area contributed by atoms with Gasteiger partial charge in [0.15, 0.2) is 0 Å². The van der Waals surface area contributed by atoms with Crippen molar-refractivity contribution in [2.75, 3.05) is 13.1 Å². The lowest BCUT2D eigenvalue weighted by Gasteiger charge is -2.12. The summed E-state index contributed by atoms with van der Waals surface area (Å²) >= 11 is 0. The molecule has 4 aromatic rings. The number of benzene rings is 4. The molecule has 0 aromatic heterocycles. The highest BCUT2D eigenvalue weighted by Crippen LogP contribution is 2.22. The van der Waals surface area contributed by atoms with Crippen LogP contribution in [-0.4, -0.2) is 36.7 Å². The Labute approximate surface area is 333 Å². The van der Waals surface area contributed by atoms with Crippen molar-refractivity contribution in [1.82, 2.24) is 21.3 Å². The standard InChI is InChI=1S/C48H58N4O4/c1-3-5-7-9-11-19-33-49-47(55)43(51-45(53)41-21-15-13-16-22-41)35-37-25-29-39(30-26-37)40-31-27-38(28-32-40)36-44(52-46(54)42-23-17-14-18-24-42)48(56)50-34-20-12-10-8-6-4-2/h13-18,21-32,35-36H,3-12,19-20,33-34H2,1-2H3,(H,49,55)(H,50,56)(H,51,53)(H,52,54). The second-order valence-corrected chi connectivity index (χ2v) is 14.0. The number of carbonyl (C=O) groups is 4. The van der Waals surface area contributed by atoms with Gasteiger partial charge in [0.2, 0.25) is 0 Å². The van der Waals surface area contributed by atoms with Crippen LogP contribution in [0.1, 0.15) is 123 Å². The molecule has 4 aromatic carbocycles. The third kappa shape index (κ3) is 15.2. The molecule has 0 aliphatic rings. The number of carbonyl (C=O) groups excluding carboxylic acids is 4. The topological polar surface area (TPSA) is 116 Å². The van der Waals surface area contributed by atoms with Gasteiger partial charge < -0.3 is 21.3 Å². The van der Waals surface area contributed by atoms with Crippen molar-refractivity contribution in [3.05, 3.63) is 143 Å². The van der Waals surface area contributed by atoms with Crippen LogP contribution in [0.15, 0.2) is 121 Å². The summed E-state index contributed by atoms with van der Waals surface area (Å²) in [7, 11) is 0. The largest absolute Gasteiger partial charge is 0.351 e. The summed E-state index contributed by atoms with van der Waals surface area (Å²) in [5.41, 5.74) is 4.73. The molecule has 0 aliphatic carbocycles. The molecule has 0 radical (unpaired) electrons. The fraction of sp³-hybridized carbons (Fsp3) is 0.333. The summed E-state index contributed by atoms with van der Waals surface area (Å²) in [5, 5.41) is 11.6. The van der Waals surface area contributed by atoms with Gasteiger partial charge in [-0.05, 0) is 71.5 Å². The van der Waals surface area contributed by atoms with Crippen LogP contribution < -0.4 is 21.3 Å². The van der Waals surface area contributed by atoms with Crippen LogP contribution in [0.4, 0.5) is 0 Å². The van der Waals surface area contributed by atoms with Crippen molar-refractivity contribution in [2.24, 2.45) is 0 Å². The summed E-state index contributed by atoms with van der Waals surface area (Å²) in [6.45, 7) is 5.46. The minimum absolute atomic E-state index is 0.180. The maximum atomic E-state index is 13.3. The van der Waals surface area contributed by atoms with Crippen LogP contribution >= 0.6 is 0 Å². The fourth-order valence-electron chi connectivity index (χ4n) is 6.17. The average Bonchev–Trinajstić information content (AvgIpc) is 3.23. The van der Waals surface area contributed by atoms with Crippen molar-refractivity contribution in [3.8, 4) is 11.1 Å². The van der Waals surface area contributed by atoms with E-state index in [1.165, 1.54) is 38.5 Å². The van der Waals surface area contributed by atoms with Crippen molar-refractivity contribution in [1.29, 1.82) is 0 Å². The Kier molecular flexibility index (Phi) is 18.9. The number of hydrogen-bond acceptors (Lipinski definition) is 4. The van der Waals surface area contributed by atoms with Gasteiger partial charge in [-0.25, -0.2) is 0 Å². The van der Waals surface area contributed by atoms with E-state index in [0.29, 0.717) is 24.2 Å². The molecular formula is C48H58N4O4. The number of nitrogens with one attached hydrogen (secondary N) is 4. The molecular weight excluding hydrogens is 697 g/mol. The Morgan fingerprint density at radius 2 is 0.768 bits per heavy atom. The Hall–Kier alpha value is -5.76. The normalized spacial score (nSPS) is 11.5. The van der Waals surface area contributed by atoms with E-state index in [2.05, 4.69) is 35.1 Å². The highest BCUT2D eigenvalue weighted by Gasteiger charge is 2.16. The molecule has 8 nitrogen and oxygen atoms in total. The SMILES string of the molecule is CCCCCCCCNC(=O)C(=Cc1ccc(-c2ccc(C=C(NC(=O)c3ccccc3)C(=O)NCCCCCCCC)cc2)cc1)NC(=O)c1ccccc1. The third-order valence-electron chi connectivity index (χ3n) is 9.47. The van der Waals surface area contributed by atoms with E-state index in [9.17, 15) is 19.2 Å². The van der Waals surface area contributed by atoms with E-state index in [1.807, 2.05) is 60.7 Å². The molecule has 0 fully saturated rings. The molecule has 294 valence electrons. The second-order valence-electron chi connectivity index (χ2n) is 14.0. The highest BCUT2D eigenvalue weighted by atomic mass is 16.2. The lowest BCUT2D eigenvalue weighted by atomic mass is 10.0. The highest BCUT2D eigenvalue weighted by molar-refractivity contribution is 6.06. The molecule has 0 saturated heterocycles. The minimum Gasteiger partial charge on any atom is -0.351 e. The Morgan fingerprint density at radius 1 is 0.429 bits per heavy atom. The maximum absolute atomic E-state index is 13.3. The summed E-state index contributed by atoms with van der Waals surface area (Å²) < 4.78 is 0. The van der Waals surface area contributed by atoms with Crippen LogP contribution in [0.25, 0.3) is 23.3 Å². The fourth-order valence-corrected chi connectivity index (χ4v) is 6.17. The molecule has 4 N–H and O–H groups in total. The number of unbranched alkanes of at least 4 members (excludes halogenated alkanes) is 10. The van der Waals surface area contributed by atoms with Gasteiger partial charge in [-0.15, -0.1) is 0 Å². The minimum atomic E-state index is -0.351. The van der Waals surface area contributed by atoms with E-state index < -0.39 is 0 Å². The molecule has 0 unspecified atom stereocenters. The molecule has 8 heteroatoms. The number of hydrogen-bond donors (Lipinski definition) is 4.